The van der Waals surface area contributed by atoms with Gasteiger partial charge in [0.2, 0.25) is 0 Å². The topological polar surface area (TPSA) is 79.4 Å². The van der Waals surface area contributed by atoms with Crippen molar-refractivity contribution in [2.24, 2.45) is 0 Å². The van der Waals surface area contributed by atoms with E-state index in [1.165, 1.54) is 4.88 Å². The standard InChI is InChI=1S/C7H10N6S/c1-5-6(14-4-9-5)2-8-3-7-10-12-13-11-7/h4,8H,2-3H2,1H3,(H,10,11,12,13). The molecule has 0 aliphatic heterocycles. The Labute approximate surface area is 84.8 Å². The van der Waals surface area contributed by atoms with Crippen LogP contribution in [0.15, 0.2) is 5.51 Å². The summed E-state index contributed by atoms with van der Waals surface area (Å²) in [5.41, 5.74) is 2.93. The Kier molecular flexibility index (Phi) is 2.80. The van der Waals surface area contributed by atoms with Crippen LogP contribution < -0.4 is 5.32 Å². The average molecular weight is 210 g/mol. The van der Waals surface area contributed by atoms with E-state index in [0.29, 0.717) is 12.4 Å². The first-order valence-electron chi connectivity index (χ1n) is 4.18. The molecule has 0 saturated heterocycles. The molecule has 7 heteroatoms. The van der Waals surface area contributed by atoms with Crippen LogP contribution in [-0.4, -0.2) is 25.6 Å². The smallest absolute Gasteiger partial charge is 0.188 e. The van der Waals surface area contributed by atoms with E-state index in [0.717, 1.165) is 12.2 Å². The fraction of sp³-hybridized carbons (Fsp3) is 0.429. The van der Waals surface area contributed by atoms with Crippen LogP contribution in [0.1, 0.15) is 16.4 Å². The number of nitrogens with zero attached hydrogens (tertiary/aromatic N) is 4. The molecule has 2 aromatic rings. The summed E-state index contributed by atoms with van der Waals surface area (Å²) in [6.07, 6.45) is 0. The molecule has 0 bridgehead atoms. The highest BCUT2D eigenvalue weighted by Crippen LogP contribution is 2.11. The molecule has 0 unspecified atom stereocenters. The van der Waals surface area contributed by atoms with E-state index in [-0.39, 0.29) is 0 Å². The summed E-state index contributed by atoms with van der Waals surface area (Å²) in [5, 5.41) is 16.8. The molecular weight excluding hydrogens is 200 g/mol. The minimum atomic E-state index is 0.619. The summed E-state index contributed by atoms with van der Waals surface area (Å²) in [6, 6.07) is 0. The lowest BCUT2D eigenvalue weighted by molar-refractivity contribution is 0.666. The predicted octanol–water partition coefficient (Wildman–Crippen LogP) is 0.254. The van der Waals surface area contributed by atoms with E-state index >= 15 is 0 Å². The number of hydrogen-bond acceptors (Lipinski definition) is 6. The highest BCUT2D eigenvalue weighted by atomic mass is 32.1. The molecular formula is C7H10N6S. The summed E-state index contributed by atoms with van der Waals surface area (Å²) in [6.45, 7) is 3.42. The monoisotopic (exact) mass is 210 g/mol. The van der Waals surface area contributed by atoms with Crippen molar-refractivity contribution in [3.63, 3.8) is 0 Å². The number of thiazole rings is 1. The van der Waals surface area contributed by atoms with Crippen molar-refractivity contribution in [3.05, 3.63) is 21.9 Å². The maximum atomic E-state index is 4.16. The van der Waals surface area contributed by atoms with E-state index in [1.54, 1.807) is 11.3 Å². The molecule has 0 aliphatic carbocycles. The Balaban J connectivity index is 1.81. The lowest BCUT2D eigenvalue weighted by Crippen LogP contribution is -2.13. The fourth-order valence-electron chi connectivity index (χ4n) is 1.04. The van der Waals surface area contributed by atoms with Gasteiger partial charge < -0.3 is 5.32 Å². The third-order valence-electron chi connectivity index (χ3n) is 1.80. The number of aromatic amines is 1. The molecule has 74 valence electrons. The number of hydrogen-bond donors (Lipinski definition) is 2. The number of nitrogens with one attached hydrogen (secondary N) is 2. The summed E-state index contributed by atoms with van der Waals surface area (Å²) in [7, 11) is 0. The van der Waals surface area contributed by atoms with Crippen molar-refractivity contribution in [2.75, 3.05) is 0 Å². The van der Waals surface area contributed by atoms with Crippen LogP contribution in [0.3, 0.4) is 0 Å². The molecule has 0 aliphatic rings. The van der Waals surface area contributed by atoms with Crippen LogP contribution in [0, 0.1) is 6.92 Å². The first kappa shape index (κ1) is 9.22. The van der Waals surface area contributed by atoms with Crippen LogP contribution in [0.5, 0.6) is 0 Å². The number of aryl methyl sites for hydroxylation is 1. The second-order valence-electron chi connectivity index (χ2n) is 2.79. The molecule has 0 spiro atoms. The maximum Gasteiger partial charge on any atom is 0.188 e. The second-order valence-corrected chi connectivity index (χ2v) is 3.73. The van der Waals surface area contributed by atoms with Crippen molar-refractivity contribution in [2.45, 2.75) is 20.0 Å². The number of tetrazole rings is 1. The van der Waals surface area contributed by atoms with E-state index in [4.69, 9.17) is 0 Å². The molecule has 2 rings (SSSR count). The van der Waals surface area contributed by atoms with Gasteiger partial charge in [-0.15, -0.1) is 21.5 Å². The highest BCUT2D eigenvalue weighted by Gasteiger charge is 2.01. The van der Waals surface area contributed by atoms with E-state index < -0.39 is 0 Å². The molecule has 14 heavy (non-hydrogen) atoms. The third kappa shape index (κ3) is 2.12. The highest BCUT2D eigenvalue weighted by molar-refractivity contribution is 7.09. The van der Waals surface area contributed by atoms with Crippen LogP contribution in [0.2, 0.25) is 0 Å². The number of H-pyrrole nitrogens is 1. The first-order chi connectivity index (χ1) is 6.86. The molecule has 2 N–H and O–H groups in total. The summed E-state index contributed by atoms with van der Waals surface area (Å²) in [5.74, 6) is 0.673. The van der Waals surface area contributed by atoms with Gasteiger partial charge in [0.15, 0.2) is 5.82 Å². The average Bonchev–Trinajstić information content (AvgIpc) is 2.78. The Morgan fingerprint density at radius 3 is 3.07 bits per heavy atom. The number of aromatic nitrogens is 5. The van der Waals surface area contributed by atoms with Crippen molar-refractivity contribution < 1.29 is 0 Å². The van der Waals surface area contributed by atoms with Crippen LogP contribution in [0.4, 0.5) is 0 Å². The van der Waals surface area contributed by atoms with Gasteiger partial charge in [-0.1, -0.05) is 5.21 Å². The summed E-state index contributed by atoms with van der Waals surface area (Å²) >= 11 is 1.65. The lowest BCUT2D eigenvalue weighted by Gasteiger charge is -1.99. The van der Waals surface area contributed by atoms with E-state index in [9.17, 15) is 0 Å². The normalized spacial score (nSPS) is 10.6. The van der Waals surface area contributed by atoms with Gasteiger partial charge in [0.05, 0.1) is 17.7 Å². The quantitative estimate of drug-likeness (QED) is 0.756. The van der Waals surface area contributed by atoms with Gasteiger partial charge in [-0.25, -0.2) is 4.98 Å². The predicted molar refractivity (Wildman–Crippen MR) is 51.6 cm³/mol. The largest absolute Gasteiger partial charge is 0.305 e. The molecule has 6 nitrogen and oxygen atoms in total. The Morgan fingerprint density at radius 2 is 2.43 bits per heavy atom. The van der Waals surface area contributed by atoms with Gasteiger partial charge in [0.25, 0.3) is 0 Å². The van der Waals surface area contributed by atoms with Gasteiger partial charge in [-0.2, -0.15) is 5.21 Å². The lowest BCUT2D eigenvalue weighted by atomic mass is 10.4. The van der Waals surface area contributed by atoms with Gasteiger partial charge in [0.1, 0.15) is 0 Å². The number of rotatable bonds is 4. The van der Waals surface area contributed by atoms with Crippen LogP contribution >= 0.6 is 11.3 Å². The Morgan fingerprint density at radius 1 is 1.50 bits per heavy atom. The molecule has 0 fully saturated rings. The first-order valence-corrected chi connectivity index (χ1v) is 5.06. The van der Waals surface area contributed by atoms with Gasteiger partial charge in [0, 0.05) is 11.4 Å². The third-order valence-corrected chi connectivity index (χ3v) is 2.74. The van der Waals surface area contributed by atoms with Crippen LogP contribution in [0.25, 0.3) is 0 Å². The molecule has 0 atom stereocenters. The molecule has 0 aromatic carbocycles. The van der Waals surface area contributed by atoms with Gasteiger partial charge in [-0.05, 0) is 6.92 Å². The zero-order valence-corrected chi connectivity index (χ0v) is 8.51. The Bertz CT molecular complexity index is 381. The SMILES string of the molecule is Cc1ncsc1CNCc1nn[nH]n1. The van der Waals surface area contributed by atoms with E-state index in [1.807, 2.05) is 12.4 Å². The molecule has 0 amide bonds. The summed E-state index contributed by atoms with van der Waals surface area (Å²) < 4.78 is 0. The molecule has 2 heterocycles. The van der Waals surface area contributed by atoms with E-state index in [2.05, 4.69) is 30.9 Å². The summed E-state index contributed by atoms with van der Waals surface area (Å²) in [4.78, 5) is 5.40. The van der Waals surface area contributed by atoms with Crippen molar-refractivity contribution in [3.8, 4) is 0 Å². The van der Waals surface area contributed by atoms with Crippen molar-refractivity contribution >= 4 is 11.3 Å². The van der Waals surface area contributed by atoms with Crippen molar-refractivity contribution in [1.29, 1.82) is 0 Å². The van der Waals surface area contributed by atoms with Crippen molar-refractivity contribution in [1.82, 2.24) is 30.9 Å². The zero-order valence-electron chi connectivity index (χ0n) is 7.69. The molecule has 0 radical (unpaired) electrons. The molecule has 2 aromatic heterocycles. The second kappa shape index (κ2) is 4.25. The molecule has 0 saturated carbocycles. The Hall–Kier alpha value is -1.34. The van der Waals surface area contributed by atoms with Gasteiger partial charge in [-0.3, -0.25) is 0 Å². The minimum absolute atomic E-state index is 0.619. The zero-order chi connectivity index (χ0) is 9.80. The van der Waals surface area contributed by atoms with Crippen LogP contribution in [-0.2, 0) is 13.1 Å². The van der Waals surface area contributed by atoms with Gasteiger partial charge >= 0.3 is 0 Å². The fourth-order valence-corrected chi connectivity index (χ4v) is 1.79. The minimum Gasteiger partial charge on any atom is -0.305 e. The maximum absolute atomic E-state index is 4.16.